The molecule has 0 unspecified atom stereocenters. The molecule has 1 amide bonds. The molecule has 0 radical (unpaired) electrons. The summed E-state index contributed by atoms with van der Waals surface area (Å²) in [6.07, 6.45) is -2.19. The van der Waals surface area contributed by atoms with E-state index in [4.69, 9.17) is 0 Å². The van der Waals surface area contributed by atoms with E-state index in [2.05, 4.69) is 15.6 Å². The van der Waals surface area contributed by atoms with Gasteiger partial charge in [-0.15, -0.1) is 5.10 Å². The molecule has 3 rings (SSSR count). The number of aromatic nitrogens is 3. The number of nitrogens with one attached hydrogen (secondary N) is 1. The summed E-state index contributed by atoms with van der Waals surface area (Å²) < 4.78 is 52.6. The van der Waals surface area contributed by atoms with Crippen molar-refractivity contribution in [1.82, 2.24) is 20.3 Å². The third-order valence-corrected chi connectivity index (χ3v) is 3.99. The van der Waals surface area contributed by atoms with Crippen molar-refractivity contribution in [1.29, 1.82) is 0 Å². The van der Waals surface area contributed by atoms with Crippen LogP contribution in [0.3, 0.4) is 0 Å². The summed E-state index contributed by atoms with van der Waals surface area (Å²) in [4.78, 5) is 12.0. The maximum Gasteiger partial charge on any atom is 0.419 e. The van der Waals surface area contributed by atoms with Gasteiger partial charge in [-0.3, -0.25) is 4.79 Å². The number of benzene rings is 1. The topological polar surface area (TPSA) is 80.0 Å². The predicted molar refractivity (Wildman–Crippen MR) is 77.0 cm³/mol. The summed E-state index contributed by atoms with van der Waals surface area (Å²) in [5.41, 5.74) is -1.82. The van der Waals surface area contributed by atoms with Gasteiger partial charge in [0.05, 0.1) is 30.5 Å². The van der Waals surface area contributed by atoms with Gasteiger partial charge in [-0.2, -0.15) is 13.2 Å². The standard InChI is InChI=1S/C15H14F4N4O2/c16-11-2-1-9(5-10(11)15(17,18)19)6-23-7-12(21-22-23)13(25)20-14(8-24)3-4-14/h1-2,5,7,24H,3-4,6,8H2,(H,20,25). The van der Waals surface area contributed by atoms with Crippen LogP contribution >= 0.6 is 0 Å². The fourth-order valence-electron chi connectivity index (χ4n) is 2.33. The van der Waals surface area contributed by atoms with Gasteiger partial charge in [-0.05, 0) is 30.5 Å². The Hall–Kier alpha value is -2.49. The molecule has 0 atom stereocenters. The molecule has 2 aromatic rings. The molecule has 6 nitrogen and oxygen atoms in total. The number of alkyl halides is 3. The molecule has 0 aliphatic heterocycles. The van der Waals surface area contributed by atoms with Gasteiger partial charge in [0.15, 0.2) is 5.69 Å². The van der Waals surface area contributed by atoms with Gasteiger partial charge in [0.2, 0.25) is 0 Å². The zero-order chi connectivity index (χ0) is 18.2. The minimum atomic E-state index is -4.80. The number of amides is 1. The highest BCUT2D eigenvalue weighted by Gasteiger charge is 2.43. The van der Waals surface area contributed by atoms with Gasteiger partial charge >= 0.3 is 6.18 Å². The number of halogens is 4. The summed E-state index contributed by atoms with van der Waals surface area (Å²) in [5, 5.41) is 19.2. The first-order valence-corrected chi connectivity index (χ1v) is 7.42. The first kappa shape index (κ1) is 17.3. The van der Waals surface area contributed by atoms with Crippen molar-refractivity contribution in [3.8, 4) is 0 Å². The number of aliphatic hydroxyl groups is 1. The first-order chi connectivity index (χ1) is 11.7. The Kier molecular flexibility index (Phi) is 4.23. The summed E-state index contributed by atoms with van der Waals surface area (Å²) in [7, 11) is 0. The van der Waals surface area contributed by atoms with E-state index in [0.717, 1.165) is 6.07 Å². The Morgan fingerprint density at radius 3 is 2.68 bits per heavy atom. The number of carbonyl (C=O) groups is 1. The Morgan fingerprint density at radius 1 is 1.36 bits per heavy atom. The number of carbonyl (C=O) groups excluding carboxylic acids is 1. The van der Waals surface area contributed by atoms with Crippen molar-refractivity contribution in [2.24, 2.45) is 0 Å². The maximum atomic E-state index is 13.3. The van der Waals surface area contributed by atoms with Crippen LogP contribution in [0.15, 0.2) is 24.4 Å². The van der Waals surface area contributed by atoms with E-state index in [9.17, 15) is 27.5 Å². The van der Waals surface area contributed by atoms with Gasteiger partial charge in [0.1, 0.15) is 5.82 Å². The van der Waals surface area contributed by atoms with Crippen LogP contribution in [-0.2, 0) is 12.7 Å². The zero-order valence-electron chi connectivity index (χ0n) is 12.8. The molecular weight excluding hydrogens is 344 g/mol. The molecule has 1 aliphatic carbocycles. The van der Waals surface area contributed by atoms with Crippen LogP contribution in [0.2, 0.25) is 0 Å². The lowest BCUT2D eigenvalue weighted by Gasteiger charge is -2.12. The highest BCUT2D eigenvalue weighted by Crippen LogP contribution is 2.34. The van der Waals surface area contributed by atoms with Crippen LogP contribution in [0, 0.1) is 5.82 Å². The molecule has 25 heavy (non-hydrogen) atoms. The van der Waals surface area contributed by atoms with Gasteiger partial charge in [-0.25, -0.2) is 9.07 Å². The predicted octanol–water partition coefficient (Wildman–Crippen LogP) is 1.74. The van der Waals surface area contributed by atoms with Crippen molar-refractivity contribution >= 4 is 5.91 Å². The molecule has 0 bridgehead atoms. The highest BCUT2D eigenvalue weighted by molar-refractivity contribution is 5.92. The Bertz CT molecular complexity index is 799. The minimum absolute atomic E-state index is 0.0159. The third-order valence-electron chi connectivity index (χ3n) is 3.99. The second kappa shape index (κ2) is 6.10. The average molecular weight is 358 g/mol. The van der Waals surface area contributed by atoms with Crippen molar-refractivity contribution in [2.45, 2.75) is 31.1 Å². The van der Waals surface area contributed by atoms with Crippen LogP contribution in [0.25, 0.3) is 0 Å². The summed E-state index contributed by atoms with van der Waals surface area (Å²) in [5.74, 6) is -1.87. The monoisotopic (exact) mass is 358 g/mol. The number of rotatable bonds is 5. The van der Waals surface area contributed by atoms with E-state index in [1.807, 2.05) is 0 Å². The largest absolute Gasteiger partial charge is 0.419 e. The number of nitrogens with zero attached hydrogens (tertiary/aromatic N) is 3. The van der Waals surface area contributed by atoms with E-state index in [1.165, 1.54) is 16.9 Å². The quantitative estimate of drug-likeness (QED) is 0.798. The molecule has 1 fully saturated rings. The smallest absolute Gasteiger partial charge is 0.394 e. The lowest BCUT2D eigenvalue weighted by atomic mass is 10.1. The van der Waals surface area contributed by atoms with Gasteiger partial charge < -0.3 is 10.4 Å². The van der Waals surface area contributed by atoms with E-state index in [-0.39, 0.29) is 24.4 Å². The van der Waals surface area contributed by atoms with E-state index in [0.29, 0.717) is 18.9 Å². The summed E-state index contributed by atoms with van der Waals surface area (Å²) in [6, 6.07) is 2.64. The molecule has 2 N–H and O–H groups in total. The van der Waals surface area contributed by atoms with Gasteiger partial charge in [-0.1, -0.05) is 11.3 Å². The molecule has 0 saturated heterocycles. The van der Waals surface area contributed by atoms with E-state index >= 15 is 0 Å². The zero-order valence-corrected chi connectivity index (χ0v) is 12.8. The Balaban J connectivity index is 1.72. The fraction of sp³-hybridized carbons (Fsp3) is 0.400. The van der Waals surface area contributed by atoms with Crippen molar-refractivity contribution in [3.63, 3.8) is 0 Å². The number of aliphatic hydroxyl groups excluding tert-OH is 1. The lowest BCUT2D eigenvalue weighted by molar-refractivity contribution is -0.140. The molecule has 1 heterocycles. The van der Waals surface area contributed by atoms with Gasteiger partial charge in [0, 0.05) is 0 Å². The van der Waals surface area contributed by atoms with Crippen LogP contribution in [0.5, 0.6) is 0 Å². The molecule has 0 spiro atoms. The van der Waals surface area contributed by atoms with Crippen LogP contribution in [0.1, 0.15) is 34.5 Å². The SMILES string of the molecule is O=C(NC1(CO)CC1)c1cn(Cc2ccc(F)c(C(F)(F)F)c2)nn1. The Labute approximate surface area is 139 Å². The minimum Gasteiger partial charge on any atom is -0.394 e. The highest BCUT2D eigenvalue weighted by atomic mass is 19.4. The van der Waals surface area contributed by atoms with Crippen LogP contribution < -0.4 is 5.32 Å². The molecule has 1 aliphatic rings. The fourth-order valence-corrected chi connectivity index (χ4v) is 2.33. The lowest BCUT2D eigenvalue weighted by Crippen LogP contribution is -2.39. The van der Waals surface area contributed by atoms with Crippen molar-refractivity contribution in [3.05, 3.63) is 47.0 Å². The third kappa shape index (κ3) is 3.78. The number of hydrogen-bond donors (Lipinski definition) is 2. The van der Waals surface area contributed by atoms with Crippen molar-refractivity contribution < 1.29 is 27.5 Å². The molecule has 1 aromatic carbocycles. The molecule has 10 heteroatoms. The molecular formula is C15H14F4N4O2. The molecule has 1 saturated carbocycles. The normalized spacial score (nSPS) is 15.9. The second-order valence-corrected chi connectivity index (χ2v) is 6.01. The van der Waals surface area contributed by atoms with Crippen molar-refractivity contribution in [2.75, 3.05) is 6.61 Å². The van der Waals surface area contributed by atoms with Gasteiger partial charge in [0.25, 0.3) is 5.91 Å². The average Bonchev–Trinajstić information content (AvgIpc) is 3.16. The van der Waals surface area contributed by atoms with E-state index < -0.39 is 29.0 Å². The Morgan fingerprint density at radius 2 is 2.08 bits per heavy atom. The first-order valence-electron chi connectivity index (χ1n) is 7.42. The summed E-state index contributed by atoms with van der Waals surface area (Å²) >= 11 is 0. The van der Waals surface area contributed by atoms with E-state index in [1.54, 1.807) is 0 Å². The summed E-state index contributed by atoms with van der Waals surface area (Å²) in [6.45, 7) is -0.280. The number of hydrogen-bond acceptors (Lipinski definition) is 4. The molecule has 1 aromatic heterocycles. The maximum absolute atomic E-state index is 13.3. The van der Waals surface area contributed by atoms with Crippen LogP contribution in [0.4, 0.5) is 17.6 Å². The van der Waals surface area contributed by atoms with Crippen LogP contribution in [-0.4, -0.2) is 38.2 Å². The molecule has 134 valence electrons. The second-order valence-electron chi connectivity index (χ2n) is 6.01.